The molecule has 0 aromatic heterocycles. The minimum atomic E-state index is -3.76. The number of rotatable bonds is 7. The number of unbranched alkanes of at least 4 members (excludes halogenated alkanes) is 1. The van der Waals surface area contributed by atoms with Gasteiger partial charge in [-0.2, -0.15) is 0 Å². The first-order chi connectivity index (χ1) is 9.23. The summed E-state index contributed by atoms with van der Waals surface area (Å²) in [6, 6.07) is 2.98. The van der Waals surface area contributed by atoms with Crippen LogP contribution in [-0.2, 0) is 13.8 Å². The SMILES string of the molecule is Cc1c(OCCCCC(=O)O)ccc(S(=O)(=O)Cl)c1C. The first-order valence-corrected chi connectivity index (χ1v) is 8.44. The largest absolute Gasteiger partial charge is 0.493 e. The fourth-order valence-electron chi connectivity index (χ4n) is 1.75. The van der Waals surface area contributed by atoms with Gasteiger partial charge < -0.3 is 9.84 Å². The van der Waals surface area contributed by atoms with Gasteiger partial charge >= 0.3 is 5.97 Å². The van der Waals surface area contributed by atoms with E-state index in [1.165, 1.54) is 6.07 Å². The van der Waals surface area contributed by atoms with E-state index in [1.807, 2.05) is 0 Å². The third-order valence-corrected chi connectivity index (χ3v) is 4.46. The quantitative estimate of drug-likeness (QED) is 0.617. The summed E-state index contributed by atoms with van der Waals surface area (Å²) in [6.45, 7) is 3.82. The average Bonchev–Trinajstić information content (AvgIpc) is 2.32. The Hall–Kier alpha value is -1.27. The summed E-state index contributed by atoms with van der Waals surface area (Å²) in [6.07, 6.45) is 1.28. The smallest absolute Gasteiger partial charge is 0.303 e. The molecule has 0 unspecified atom stereocenters. The second-order valence-electron chi connectivity index (χ2n) is 4.45. The highest BCUT2D eigenvalue weighted by molar-refractivity contribution is 8.13. The van der Waals surface area contributed by atoms with Crippen molar-refractivity contribution in [3.8, 4) is 5.75 Å². The maximum atomic E-state index is 11.3. The number of hydrogen-bond donors (Lipinski definition) is 1. The molecule has 1 rings (SSSR count). The molecule has 0 radical (unpaired) electrons. The third-order valence-electron chi connectivity index (χ3n) is 2.99. The molecule has 0 atom stereocenters. The number of ether oxygens (including phenoxy) is 1. The molecule has 0 spiro atoms. The Labute approximate surface area is 122 Å². The zero-order valence-electron chi connectivity index (χ0n) is 11.3. The van der Waals surface area contributed by atoms with Crippen molar-refractivity contribution in [3.63, 3.8) is 0 Å². The fourth-order valence-corrected chi connectivity index (χ4v) is 3.00. The van der Waals surface area contributed by atoms with Gasteiger partial charge in [0.1, 0.15) is 5.75 Å². The average molecular weight is 321 g/mol. The van der Waals surface area contributed by atoms with E-state index >= 15 is 0 Å². The van der Waals surface area contributed by atoms with Crippen LogP contribution in [0.15, 0.2) is 17.0 Å². The van der Waals surface area contributed by atoms with E-state index in [4.69, 9.17) is 20.5 Å². The number of benzene rings is 1. The molecular weight excluding hydrogens is 304 g/mol. The lowest BCUT2D eigenvalue weighted by molar-refractivity contribution is -0.137. The second kappa shape index (κ2) is 6.95. The van der Waals surface area contributed by atoms with Gasteiger partial charge in [0.15, 0.2) is 0 Å². The summed E-state index contributed by atoms with van der Waals surface area (Å²) in [5.41, 5.74) is 1.27. The van der Waals surface area contributed by atoms with Gasteiger partial charge in [0.05, 0.1) is 11.5 Å². The second-order valence-corrected chi connectivity index (χ2v) is 6.98. The molecule has 0 amide bonds. The number of carbonyl (C=O) groups is 1. The lowest BCUT2D eigenvalue weighted by atomic mass is 10.1. The van der Waals surface area contributed by atoms with Gasteiger partial charge in [-0.15, -0.1) is 0 Å². The van der Waals surface area contributed by atoms with Gasteiger partial charge in [-0.1, -0.05) is 0 Å². The molecule has 0 aliphatic heterocycles. The van der Waals surface area contributed by atoms with Crippen molar-refractivity contribution < 1.29 is 23.1 Å². The molecule has 1 aromatic rings. The number of carboxylic acids is 1. The van der Waals surface area contributed by atoms with Crippen LogP contribution in [0.25, 0.3) is 0 Å². The molecule has 0 aliphatic carbocycles. The van der Waals surface area contributed by atoms with Crippen LogP contribution in [0.1, 0.15) is 30.4 Å². The summed E-state index contributed by atoms with van der Waals surface area (Å²) in [5, 5.41) is 8.51. The Morgan fingerprint density at radius 3 is 2.45 bits per heavy atom. The van der Waals surface area contributed by atoms with Crippen LogP contribution >= 0.6 is 10.7 Å². The van der Waals surface area contributed by atoms with Gasteiger partial charge in [-0.3, -0.25) is 4.79 Å². The van der Waals surface area contributed by atoms with Gasteiger partial charge in [-0.25, -0.2) is 8.42 Å². The standard InChI is InChI=1S/C13H17ClO5S/c1-9-10(2)12(20(14,17)18)7-6-11(9)19-8-4-3-5-13(15)16/h6-7H,3-5,8H2,1-2H3,(H,15,16). The van der Waals surface area contributed by atoms with Crippen LogP contribution < -0.4 is 4.74 Å². The van der Waals surface area contributed by atoms with E-state index in [2.05, 4.69) is 0 Å². The van der Waals surface area contributed by atoms with Crippen molar-refractivity contribution in [2.24, 2.45) is 0 Å². The van der Waals surface area contributed by atoms with E-state index in [0.29, 0.717) is 36.3 Å². The number of hydrogen-bond acceptors (Lipinski definition) is 4. The van der Waals surface area contributed by atoms with Crippen molar-refractivity contribution in [2.75, 3.05) is 6.61 Å². The summed E-state index contributed by atoms with van der Waals surface area (Å²) in [4.78, 5) is 10.4. The lowest BCUT2D eigenvalue weighted by Gasteiger charge is -2.13. The molecular formula is C13H17ClO5S. The Bertz CT molecular complexity index is 595. The molecule has 0 saturated carbocycles. The molecule has 0 bridgehead atoms. The van der Waals surface area contributed by atoms with E-state index in [-0.39, 0.29) is 11.3 Å². The summed E-state index contributed by atoms with van der Waals surface area (Å²) in [5.74, 6) is -0.240. The Morgan fingerprint density at radius 2 is 1.90 bits per heavy atom. The molecule has 0 saturated heterocycles. The molecule has 20 heavy (non-hydrogen) atoms. The normalized spacial score (nSPS) is 11.3. The zero-order valence-corrected chi connectivity index (χ0v) is 12.9. The molecule has 112 valence electrons. The minimum Gasteiger partial charge on any atom is -0.493 e. The first kappa shape index (κ1) is 16.8. The van der Waals surface area contributed by atoms with Crippen LogP contribution in [0.2, 0.25) is 0 Å². The van der Waals surface area contributed by atoms with Crippen LogP contribution in [-0.4, -0.2) is 26.1 Å². The number of halogens is 1. The monoisotopic (exact) mass is 320 g/mol. The Kier molecular flexibility index (Phi) is 5.83. The Balaban J connectivity index is 2.69. The van der Waals surface area contributed by atoms with Crippen molar-refractivity contribution in [1.29, 1.82) is 0 Å². The summed E-state index contributed by atoms with van der Waals surface area (Å²) in [7, 11) is 1.58. The highest BCUT2D eigenvalue weighted by Crippen LogP contribution is 2.29. The van der Waals surface area contributed by atoms with E-state index in [9.17, 15) is 13.2 Å². The van der Waals surface area contributed by atoms with Crippen molar-refractivity contribution in [3.05, 3.63) is 23.3 Å². The predicted octanol–water partition coefficient (Wildman–Crippen LogP) is 2.86. The topological polar surface area (TPSA) is 80.7 Å². The number of aliphatic carboxylic acids is 1. The minimum absolute atomic E-state index is 0.0786. The molecule has 0 aliphatic rings. The summed E-state index contributed by atoms with van der Waals surface area (Å²) >= 11 is 0. The van der Waals surface area contributed by atoms with E-state index in [1.54, 1.807) is 19.9 Å². The van der Waals surface area contributed by atoms with Crippen molar-refractivity contribution >= 4 is 25.7 Å². The molecule has 1 aromatic carbocycles. The van der Waals surface area contributed by atoms with E-state index in [0.717, 1.165) is 0 Å². The van der Waals surface area contributed by atoms with E-state index < -0.39 is 15.0 Å². The van der Waals surface area contributed by atoms with Crippen LogP contribution in [0.3, 0.4) is 0 Å². The maximum absolute atomic E-state index is 11.3. The highest BCUT2D eigenvalue weighted by Gasteiger charge is 2.16. The molecule has 0 heterocycles. The molecule has 7 heteroatoms. The van der Waals surface area contributed by atoms with Gasteiger partial charge in [0.25, 0.3) is 9.05 Å². The lowest BCUT2D eigenvalue weighted by Crippen LogP contribution is -2.03. The third kappa shape index (κ3) is 4.68. The Morgan fingerprint density at radius 1 is 1.25 bits per heavy atom. The fraction of sp³-hybridized carbons (Fsp3) is 0.462. The van der Waals surface area contributed by atoms with Crippen LogP contribution in [0.5, 0.6) is 5.75 Å². The highest BCUT2D eigenvalue weighted by atomic mass is 35.7. The molecule has 1 N–H and O–H groups in total. The zero-order chi connectivity index (χ0) is 15.3. The van der Waals surface area contributed by atoms with Crippen molar-refractivity contribution in [1.82, 2.24) is 0 Å². The predicted molar refractivity (Wildman–Crippen MR) is 75.9 cm³/mol. The van der Waals surface area contributed by atoms with Gasteiger partial charge in [-0.05, 0) is 49.9 Å². The first-order valence-electron chi connectivity index (χ1n) is 6.13. The van der Waals surface area contributed by atoms with Crippen molar-refractivity contribution in [2.45, 2.75) is 38.0 Å². The van der Waals surface area contributed by atoms with Gasteiger partial charge in [0.2, 0.25) is 0 Å². The molecule has 0 fully saturated rings. The summed E-state index contributed by atoms with van der Waals surface area (Å²) < 4.78 is 28.2. The van der Waals surface area contributed by atoms with Crippen LogP contribution in [0.4, 0.5) is 0 Å². The molecule has 5 nitrogen and oxygen atoms in total. The van der Waals surface area contributed by atoms with Crippen LogP contribution in [0, 0.1) is 13.8 Å². The maximum Gasteiger partial charge on any atom is 0.303 e. The van der Waals surface area contributed by atoms with Gasteiger partial charge in [0, 0.05) is 17.1 Å². The number of carboxylic acid groups (broad SMARTS) is 1.